The Morgan fingerprint density at radius 2 is 2.12 bits per heavy atom. The number of nitrogens with zero attached hydrogens (tertiary/aromatic N) is 3. The standard InChI is InChI=1S/C16H17N5O3/c1-21-13-7-9(15(23)24-2)3-5-11(13)12(20-21)6-4-10-8-14(22)19-16(17)18-10/h3,5,7-8H,4,6H2,1-2H3,(H3,17,18,19,22). The van der Waals surface area contributed by atoms with Gasteiger partial charge in [0.15, 0.2) is 0 Å². The van der Waals surface area contributed by atoms with Gasteiger partial charge in [0.2, 0.25) is 5.95 Å². The van der Waals surface area contributed by atoms with Gasteiger partial charge in [-0.2, -0.15) is 10.1 Å². The molecule has 0 saturated heterocycles. The Kier molecular flexibility index (Phi) is 4.03. The number of fused-ring (bicyclic) bond motifs is 1. The van der Waals surface area contributed by atoms with Gasteiger partial charge < -0.3 is 15.5 Å². The van der Waals surface area contributed by atoms with E-state index in [0.717, 1.165) is 16.6 Å². The molecular weight excluding hydrogens is 310 g/mol. The number of methoxy groups -OCH3 is 1. The fourth-order valence-corrected chi connectivity index (χ4v) is 2.68. The molecule has 124 valence electrons. The number of ether oxygens (including phenoxy) is 1. The van der Waals surface area contributed by atoms with Crippen molar-refractivity contribution < 1.29 is 9.53 Å². The van der Waals surface area contributed by atoms with Gasteiger partial charge in [0.05, 0.1) is 23.9 Å². The number of rotatable bonds is 4. The maximum atomic E-state index is 11.6. The third-order valence-corrected chi connectivity index (χ3v) is 3.80. The first-order chi connectivity index (χ1) is 11.5. The lowest BCUT2D eigenvalue weighted by atomic mass is 10.1. The van der Waals surface area contributed by atoms with Crippen LogP contribution in [-0.4, -0.2) is 32.8 Å². The third-order valence-electron chi connectivity index (χ3n) is 3.80. The lowest BCUT2D eigenvalue weighted by Crippen LogP contribution is -2.12. The molecular formula is C16H17N5O3. The van der Waals surface area contributed by atoms with E-state index in [1.807, 2.05) is 13.1 Å². The largest absolute Gasteiger partial charge is 0.465 e. The monoisotopic (exact) mass is 327 g/mol. The highest BCUT2D eigenvalue weighted by molar-refractivity contribution is 5.95. The molecule has 8 nitrogen and oxygen atoms in total. The van der Waals surface area contributed by atoms with Gasteiger partial charge in [-0.1, -0.05) is 6.07 Å². The summed E-state index contributed by atoms with van der Waals surface area (Å²) in [4.78, 5) is 29.5. The van der Waals surface area contributed by atoms with Crippen molar-refractivity contribution in [1.29, 1.82) is 0 Å². The lowest BCUT2D eigenvalue weighted by Gasteiger charge is -2.02. The predicted octanol–water partition coefficient (Wildman–Crippen LogP) is 0.811. The predicted molar refractivity (Wildman–Crippen MR) is 88.7 cm³/mol. The lowest BCUT2D eigenvalue weighted by molar-refractivity contribution is 0.0601. The summed E-state index contributed by atoms with van der Waals surface area (Å²) in [5.41, 5.74) is 8.09. The van der Waals surface area contributed by atoms with Gasteiger partial charge in [0, 0.05) is 24.2 Å². The number of nitrogens with one attached hydrogen (secondary N) is 1. The van der Waals surface area contributed by atoms with Gasteiger partial charge >= 0.3 is 5.97 Å². The summed E-state index contributed by atoms with van der Waals surface area (Å²) in [6.07, 6.45) is 1.20. The molecule has 1 aromatic carbocycles. The Morgan fingerprint density at radius 3 is 2.83 bits per heavy atom. The van der Waals surface area contributed by atoms with Crippen molar-refractivity contribution in [1.82, 2.24) is 19.7 Å². The normalized spacial score (nSPS) is 10.9. The van der Waals surface area contributed by atoms with E-state index < -0.39 is 0 Å². The van der Waals surface area contributed by atoms with Crippen molar-refractivity contribution in [2.24, 2.45) is 7.05 Å². The highest BCUT2D eigenvalue weighted by Crippen LogP contribution is 2.21. The summed E-state index contributed by atoms with van der Waals surface area (Å²) in [6.45, 7) is 0. The number of H-pyrrole nitrogens is 1. The summed E-state index contributed by atoms with van der Waals surface area (Å²) in [6, 6.07) is 6.75. The van der Waals surface area contributed by atoms with E-state index in [1.54, 1.807) is 16.8 Å². The quantitative estimate of drug-likeness (QED) is 0.685. The van der Waals surface area contributed by atoms with Crippen LogP contribution in [0.1, 0.15) is 21.7 Å². The number of benzene rings is 1. The van der Waals surface area contributed by atoms with E-state index in [9.17, 15) is 9.59 Å². The maximum absolute atomic E-state index is 11.6. The van der Waals surface area contributed by atoms with Crippen molar-refractivity contribution in [3.63, 3.8) is 0 Å². The van der Waals surface area contributed by atoms with Crippen molar-refractivity contribution >= 4 is 22.8 Å². The zero-order valence-electron chi connectivity index (χ0n) is 13.4. The fourth-order valence-electron chi connectivity index (χ4n) is 2.68. The summed E-state index contributed by atoms with van der Waals surface area (Å²) in [5.74, 6) is -0.282. The van der Waals surface area contributed by atoms with Gasteiger partial charge in [-0.05, 0) is 25.0 Å². The highest BCUT2D eigenvalue weighted by atomic mass is 16.5. The van der Waals surface area contributed by atoms with Gasteiger partial charge in [-0.25, -0.2) is 4.79 Å². The van der Waals surface area contributed by atoms with Crippen molar-refractivity contribution in [3.8, 4) is 0 Å². The van der Waals surface area contributed by atoms with Crippen LogP contribution in [0.25, 0.3) is 10.9 Å². The fraction of sp³-hybridized carbons (Fsp3) is 0.250. The number of carbonyl (C=O) groups is 1. The minimum absolute atomic E-state index is 0.103. The average molecular weight is 327 g/mol. The number of nitrogen functional groups attached to an aromatic ring is 1. The van der Waals surface area contributed by atoms with Crippen molar-refractivity contribution in [2.75, 3.05) is 12.8 Å². The van der Waals surface area contributed by atoms with Crippen LogP contribution in [0.5, 0.6) is 0 Å². The minimum Gasteiger partial charge on any atom is -0.465 e. The SMILES string of the molecule is COC(=O)c1ccc2c(CCc3cc(=O)nc(N)[nH]3)nn(C)c2c1. The zero-order valence-corrected chi connectivity index (χ0v) is 13.4. The van der Waals surface area contributed by atoms with Crippen LogP contribution in [0, 0.1) is 0 Å². The molecule has 8 heteroatoms. The number of hydrogen-bond donors (Lipinski definition) is 2. The molecule has 0 fully saturated rings. The zero-order chi connectivity index (χ0) is 17.3. The van der Waals surface area contributed by atoms with Gasteiger partial charge in [0.25, 0.3) is 5.56 Å². The Morgan fingerprint density at radius 1 is 1.33 bits per heavy atom. The molecule has 0 aliphatic heterocycles. The smallest absolute Gasteiger partial charge is 0.337 e. The van der Waals surface area contributed by atoms with Gasteiger partial charge in [-0.15, -0.1) is 0 Å². The number of esters is 1. The number of carbonyl (C=O) groups excluding carboxylic acids is 1. The second-order valence-electron chi connectivity index (χ2n) is 5.42. The molecule has 0 saturated carbocycles. The van der Waals surface area contributed by atoms with Crippen LogP contribution in [0.15, 0.2) is 29.1 Å². The molecule has 24 heavy (non-hydrogen) atoms. The summed E-state index contributed by atoms with van der Waals surface area (Å²) < 4.78 is 6.46. The minimum atomic E-state index is -0.385. The number of nitrogens with two attached hydrogens (primary N) is 1. The van der Waals surface area contributed by atoms with E-state index >= 15 is 0 Å². The highest BCUT2D eigenvalue weighted by Gasteiger charge is 2.13. The van der Waals surface area contributed by atoms with Gasteiger partial charge in [0.1, 0.15) is 0 Å². The first kappa shape index (κ1) is 15.7. The summed E-state index contributed by atoms with van der Waals surface area (Å²) >= 11 is 0. The molecule has 0 spiro atoms. The molecule has 3 rings (SSSR count). The van der Waals surface area contributed by atoms with Crippen LogP contribution < -0.4 is 11.3 Å². The first-order valence-electron chi connectivity index (χ1n) is 7.37. The van der Waals surface area contributed by atoms with E-state index in [-0.39, 0.29) is 17.5 Å². The van der Waals surface area contributed by atoms with Crippen LogP contribution in [0.3, 0.4) is 0 Å². The third kappa shape index (κ3) is 2.98. The molecule has 3 N–H and O–H groups in total. The van der Waals surface area contributed by atoms with Crippen LogP contribution in [0.4, 0.5) is 5.95 Å². The second kappa shape index (κ2) is 6.15. The van der Waals surface area contributed by atoms with E-state index in [0.29, 0.717) is 24.1 Å². The second-order valence-corrected chi connectivity index (χ2v) is 5.42. The number of aromatic nitrogens is 4. The molecule has 0 amide bonds. The number of aryl methyl sites for hydroxylation is 3. The number of anilines is 1. The Balaban J connectivity index is 1.90. The number of aromatic amines is 1. The van der Waals surface area contributed by atoms with E-state index in [2.05, 4.69) is 15.1 Å². The number of hydrogen-bond acceptors (Lipinski definition) is 6. The van der Waals surface area contributed by atoms with Crippen molar-refractivity contribution in [2.45, 2.75) is 12.8 Å². The van der Waals surface area contributed by atoms with Crippen LogP contribution in [-0.2, 0) is 24.6 Å². The van der Waals surface area contributed by atoms with E-state index in [1.165, 1.54) is 13.2 Å². The van der Waals surface area contributed by atoms with E-state index in [4.69, 9.17) is 10.5 Å². The summed E-state index contributed by atoms with van der Waals surface area (Å²) in [5, 5.41) is 5.45. The Labute approximate surface area is 137 Å². The Bertz CT molecular complexity index is 973. The molecule has 2 aromatic heterocycles. The van der Waals surface area contributed by atoms with Crippen molar-refractivity contribution in [3.05, 3.63) is 51.6 Å². The summed E-state index contributed by atoms with van der Waals surface area (Å²) in [7, 11) is 3.17. The molecule has 0 bridgehead atoms. The maximum Gasteiger partial charge on any atom is 0.337 e. The molecule has 0 atom stereocenters. The molecule has 0 unspecified atom stereocenters. The molecule has 0 aliphatic rings. The van der Waals surface area contributed by atoms with Crippen LogP contribution >= 0.6 is 0 Å². The first-order valence-corrected chi connectivity index (χ1v) is 7.37. The molecule has 3 aromatic rings. The molecule has 0 aliphatic carbocycles. The average Bonchev–Trinajstić information content (AvgIpc) is 2.87. The van der Waals surface area contributed by atoms with Gasteiger partial charge in [-0.3, -0.25) is 9.48 Å². The Hall–Kier alpha value is -3.16. The molecule has 2 heterocycles. The van der Waals surface area contributed by atoms with Crippen LogP contribution in [0.2, 0.25) is 0 Å². The topological polar surface area (TPSA) is 116 Å². The molecule has 0 radical (unpaired) electrons.